The molecule has 1 spiro atoms. The second-order valence-electron chi connectivity index (χ2n) is 20.7. The second kappa shape index (κ2) is 12.3. The average Bonchev–Trinajstić information content (AvgIpc) is 3.66. The van der Waals surface area contributed by atoms with E-state index >= 15 is 0 Å². The van der Waals surface area contributed by atoms with E-state index in [1.54, 1.807) is 0 Å². The highest BCUT2D eigenvalue weighted by Gasteiger charge is 2.67. The lowest BCUT2D eigenvalue weighted by Gasteiger charge is -2.64. The fraction of sp³-hybridized carbons (Fsp3) is 0.867. The van der Waals surface area contributed by atoms with Crippen molar-refractivity contribution in [1.29, 1.82) is 0 Å². The lowest BCUT2D eigenvalue weighted by Crippen LogP contribution is -2.71. The number of hydrogen-bond acceptors (Lipinski definition) is 4. The van der Waals surface area contributed by atoms with E-state index in [0.29, 0.717) is 58.8 Å². The maximum atomic E-state index is 14.0. The number of aryl methyl sites for hydroxylation is 2. The summed E-state index contributed by atoms with van der Waals surface area (Å²) in [7, 11) is 0. The molecule has 4 heteroatoms. The van der Waals surface area contributed by atoms with Crippen LogP contribution in [0, 0.1) is 83.9 Å². The molecule has 8 aliphatic rings. The fourth-order valence-corrected chi connectivity index (χ4v) is 16.3. The number of hydrogen-bond donors (Lipinski definition) is 3. The van der Waals surface area contributed by atoms with Gasteiger partial charge in [-0.3, -0.25) is 4.90 Å². The predicted molar refractivity (Wildman–Crippen MR) is 197 cm³/mol. The Hall–Kier alpha value is -0.940. The minimum absolute atomic E-state index is 0.154. The molecule has 15 unspecified atom stereocenters. The summed E-state index contributed by atoms with van der Waals surface area (Å²) in [5.74, 6) is 5.75. The average molecular weight is 672 g/mol. The summed E-state index contributed by atoms with van der Waals surface area (Å²) in [5, 5.41) is 36.2. The van der Waals surface area contributed by atoms with E-state index in [4.69, 9.17) is 0 Å². The monoisotopic (exact) mass is 672 g/mol. The van der Waals surface area contributed by atoms with Gasteiger partial charge in [-0.15, -0.1) is 0 Å². The topological polar surface area (TPSA) is 63.9 Å². The van der Waals surface area contributed by atoms with Gasteiger partial charge < -0.3 is 15.3 Å². The maximum absolute atomic E-state index is 14.0. The maximum Gasteiger partial charge on any atom is 0.0861 e. The van der Waals surface area contributed by atoms with Crippen molar-refractivity contribution in [2.45, 2.75) is 161 Å². The number of benzene rings is 1. The van der Waals surface area contributed by atoms with Gasteiger partial charge in [-0.2, -0.15) is 0 Å². The van der Waals surface area contributed by atoms with Gasteiger partial charge in [-0.1, -0.05) is 56.0 Å². The van der Waals surface area contributed by atoms with Gasteiger partial charge in [-0.05, 0) is 186 Å². The largest absolute Gasteiger partial charge is 0.393 e. The number of piperidine rings is 2. The first-order valence-electron chi connectivity index (χ1n) is 21.4. The van der Waals surface area contributed by atoms with Crippen LogP contribution in [0.15, 0.2) is 18.2 Å². The molecule has 8 fully saturated rings. The molecular weight excluding hydrogens is 602 g/mol. The highest BCUT2D eigenvalue weighted by molar-refractivity contribution is 5.29. The molecular formula is C45H69NO3. The fourth-order valence-electron chi connectivity index (χ4n) is 16.3. The molecule has 2 heterocycles. The van der Waals surface area contributed by atoms with Crippen LogP contribution in [0.25, 0.3) is 0 Å². The highest BCUT2D eigenvalue weighted by Crippen LogP contribution is 2.69. The highest BCUT2D eigenvalue weighted by atomic mass is 16.3. The normalized spacial score (nSPS) is 50.6. The van der Waals surface area contributed by atoms with Crippen LogP contribution in [0.5, 0.6) is 0 Å². The summed E-state index contributed by atoms with van der Waals surface area (Å²) in [6.07, 6.45) is 20.0. The predicted octanol–water partition coefficient (Wildman–Crippen LogP) is 8.49. The smallest absolute Gasteiger partial charge is 0.0861 e. The molecule has 0 radical (unpaired) electrons. The van der Waals surface area contributed by atoms with E-state index in [0.717, 1.165) is 31.6 Å². The zero-order valence-corrected chi connectivity index (χ0v) is 31.5. The summed E-state index contributed by atoms with van der Waals surface area (Å²) in [4.78, 5) is 2.87. The Bertz CT molecular complexity index is 1370. The van der Waals surface area contributed by atoms with Gasteiger partial charge in [0.05, 0.1) is 17.8 Å². The van der Waals surface area contributed by atoms with Crippen molar-refractivity contribution in [2.24, 2.45) is 70.0 Å². The van der Waals surface area contributed by atoms with E-state index in [1.165, 1.54) is 113 Å². The quantitative estimate of drug-likeness (QED) is 0.302. The van der Waals surface area contributed by atoms with Gasteiger partial charge in [0.2, 0.25) is 0 Å². The Labute approximate surface area is 298 Å². The molecule has 49 heavy (non-hydrogen) atoms. The van der Waals surface area contributed by atoms with E-state index in [-0.39, 0.29) is 23.5 Å². The van der Waals surface area contributed by atoms with Crippen LogP contribution in [0.2, 0.25) is 0 Å². The first-order chi connectivity index (χ1) is 23.5. The van der Waals surface area contributed by atoms with Gasteiger partial charge >= 0.3 is 0 Å². The molecule has 15 atom stereocenters. The Morgan fingerprint density at radius 2 is 1.51 bits per heavy atom. The van der Waals surface area contributed by atoms with Gasteiger partial charge in [0.25, 0.3) is 0 Å². The SMILES string of the molecule is Cc1cc(C)cc(CC2CC(C3(O)C4CCC5C(CC6C5CC(O)C5CC(O)CCC56C)C4CN4CC(C)CCC43)CC3(CCCC3)C2)c1. The van der Waals surface area contributed by atoms with Crippen molar-refractivity contribution in [3.63, 3.8) is 0 Å². The Balaban J connectivity index is 1.06. The lowest BCUT2D eigenvalue weighted by molar-refractivity contribution is -0.224. The number of aliphatic hydroxyl groups excluding tert-OH is 2. The van der Waals surface area contributed by atoms with Crippen LogP contribution >= 0.6 is 0 Å². The molecule has 0 amide bonds. The summed E-state index contributed by atoms with van der Waals surface area (Å²) in [5.41, 5.74) is 4.32. The molecule has 2 aliphatic heterocycles. The van der Waals surface area contributed by atoms with Gasteiger partial charge in [0, 0.05) is 19.1 Å². The zero-order chi connectivity index (χ0) is 33.9. The summed E-state index contributed by atoms with van der Waals surface area (Å²) < 4.78 is 0. The van der Waals surface area contributed by atoms with Gasteiger partial charge in [-0.25, -0.2) is 0 Å². The van der Waals surface area contributed by atoms with Crippen molar-refractivity contribution < 1.29 is 15.3 Å². The molecule has 272 valence electrons. The van der Waals surface area contributed by atoms with E-state index < -0.39 is 5.60 Å². The minimum atomic E-state index is -0.584. The number of nitrogens with zero attached hydrogens (tertiary/aromatic N) is 1. The standard InChI is InChI=1S/C45H69NO3/c1-27-7-10-42-45(49,32-19-31(23-44(24-32)12-5-6-13-44)18-30-16-28(2)15-29(3)17-30)38-9-8-34-35(37(38)26-46(42)25-27)21-39-36(34)22-41(48)40-20-33(47)11-14-43(39,40)4/h15-17,27,31-42,47-49H,5-14,18-26H2,1-4H3. The molecule has 1 aromatic rings. The molecule has 6 aliphatic carbocycles. The summed E-state index contributed by atoms with van der Waals surface area (Å²) in [6, 6.07) is 7.55. The van der Waals surface area contributed by atoms with Gasteiger partial charge in [0.15, 0.2) is 0 Å². The minimum Gasteiger partial charge on any atom is -0.393 e. The molecule has 0 bridgehead atoms. The molecule has 6 saturated carbocycles. The van der Waals surface area contributed by atoms with E-state index in [2.05, 4.69) is 50.8 Å². The first-order valence-corrected chi connectivity index (χ1v) is 21.4. The van der Waals surface area contributed by atoms with Crippen LogP contribution in [-0.2, 0) is 6.42 Å². The van der Waals surface area contributed by atoms with Crippen molar-refractivity contribution in [3.05, 3.63) is 34.9 Å². The van der Waals surface area contributed by atoms with Crippen molar-refractivity contribution in [2.75, 3.05) is 13.1 Å². The van der Waals surface area contributed by atoms with Crippen molar-refractivity contribution >= 4 is 0 Å². The number of aliphatic hydroxyl groups is 3. The molecule has 4 nitrogen and oxygen atoms in total. The third kappa shape index (κ3) is 5.48. The Morgan fingerprint density at radius 1 is 0.735 bits per heavy atom. The van der Waals surface area contributed by atoms with Crippen LogP contribution in [-0.4, -0.2) is 57.2 Å². The third-order valence-corrected chi connectivity index (χ3v) is 17.9. The van der Waals surface area contributed by atoms with Crippen molar-refractivity contribution in [1.82, 2.24) is 4.90 Å². The lowest BCUT2D eigenvalue weighted by atomic mass is 9.49. The van der Waals surface area contributed by atoms with Crippen LogP contribution in [0.3, 0.4) is 0 Å². The Kier molecular flexibility index (Phi) is 8.51. The van der Waals surface area contributed by atoms with Crippen LogP contribution in [0.1, 0.15) is 133 Å². The van der Waals surface area contributed by atoms with E-state index in [9.17, 15) is 15.3 Å². The van der Waals surface area contributed by atoms with E-state index in [1.807, 2.05) is 0 Å². The second-order valence-corrected chi connectivity index (χ2v) is 20.7. The molecule has 9 rings (SSSR count). The first kappa shape index (κ1) is 33.9. The van der Waals surface area contributed by atoms with Crippen molar-refractivity contribution in [3.8, 4) is 0 Å². The van der Waals surface area contributed by atoms with Crippen LogP contribution in [0.4, 0.5) is 0 Å². The van der Waals surface area contributed by atoms with Crippen LogP contribution < -0.4 is 0 Å². The molecule has 3 N–H and O–H groups in total. The molecule has 2 saturated heterocycles. The number of rotatable bonds is 3. The molecule has 1 aromatic carbocycles. The zero-order valence-electron chi connectivity index (χ0n) is 31.5. The Morgan fingerprint density at radius 3 is 2.29 bits per heavy atom. The summed E-state index contributed by atoms with van der Waals surface area (Å²) in [6.45, 7) is 11.9. The summed E-state index contributed by atoms with van der Waals surface area (Å²) >= 11 is 0. The molecule has 0 aromatic heterocycles. The number of fused-ring (bicyclic) bond motifs is 8. The van der Waals surface area contributed by atoms with Gasteiger partial charge in [0.1, 0.15) is 0 Å². The third-order valence-electron chi connectivity index (χ3n) is 17.9.